The molecule has 132 valence electrons. The van der Waals surface area contributed by atoms with Crippen LogP contribution < -0.4 is 14.8 Å². The summed E-state index contributed by atoms with van der Waals surface area (Å²) in [7, 11) is 0. The number of aryl methyl sites for hydroxylation is 1. The fraction of sp³-hybridized carbons (Fsp3) is 0.474. The maximum Gasteiger partial charge on any atom is 0.231 e. The van der Waals surface area contributed by atoms with Gasteiger partial charge in [0.05, 0.1) is 17.7 Å². The van der Waals surface area contributed by atoms with Crippen LogP contribution in [0.15, 0.2) is 28.8 Å². The molecule has 0 unspecified atom stereocenters. The van der Waals surface area contributed by atoms with E-state index < -0.39 is 5.41 Å². The smallest absolute Gasteiger partial charge is 0.231 e. The molecule has 0 spiro atoms. The number of amides is 1. The molecule has 0 atom stereocenters. The van der Waals surface area contributed by atoms with Gasteiger partial charge in [-0.25, -0.2) is 0 Å². The van der Waals surface area contributed by atoms with Gasteiger partial charge in [0.2, 0.25) is 12.7 Å². The molecule has 1 aromatic heterocycles. The molecule has 2 heterocycles. The van der Waals surface area contributed by atoms with Gasteiger partial charge in [0, 0.05) is 6.07 Å². The number of aromatic nitrogens is 1. The van der Waals surface area contributed by atoms with Crippen LogP contribution >= 0.6 is 0 Å². The van der Waals surface area contributed by atoms with Crippen molar-refractivity contribution < 1.29 is 18.8 Å². The van der Waals surface area contributed by atoms with E-state index >= 15 is 0 Å². The molecule has 0 bridgehead atoms. The molecule has 0 saturated heterocycles. The minimum atomic E-state index is -0.520. The number of hydrogen-bond donors (Lipinski definition) is 1. The van der Waals surface area contributed by atoms with Crippen molar-refractivity contribution in [3.05, 3.63) is 41.3 Å². The van der Waals surface area contributed by atoms with E-state index in [2.05, 4.69) is 10.5 Å². The van der Waals surface area contributed by atoms with Crippen molar-refractivity contribution in [2.45, 2.75) is 51.0 Å². The van der Waals surface area contributed by atoms with Crippen LogP contribution in [0, 0.1) is 6.92 Å². The summed E-state index contributed by atoms with van der Waals surface area (Å²) in [5.41, 5.74) is 1.30. The standard InChI is InChI=1S/C19H22N2O4/c1-13-9-15(25-21-13)11-20-18(22)19(7-3-2-4-8-19)14-5-6-16-17(10-14)24-12-23-16/h5-6,9-10H,2-4,7-8,11-12H2,1H3,(H,20,22). The van der Waals surface area contributed by atoms with E-state index in [0.29, 0.717) is 12.3 Å². The van der Waals surface area contributed by atoms with Crippen molar-refractivity contribution in [3.8, 4) is 11.5 Å². The van der Waals surface area contributed by atoms with Crippen LogP contribution in [0.2, 0.25) is 0 Å². The van der Waals surface area contributed by atoms with Crippen LogP contribution in [0.25, 0.3) is 0 Å². The molecule has 6 heteroatoms. The Morgan fingerprint density at radius 1 is 1.16 bits per heavy atom. The second-order valence-electron chi connectivity index (χ2n) is 6.83. The Hall–Kier alpha value is -2.50. The summed E-state index contributed by atoms with van der Waals surface area (Å²) < 4.78 is 16.1. The van der Waals surface area contributed by atoms with Gasteiger partial charge in [0.15, 0.2) is 17.3 Å². The summed E-state index contributed by atoms with van der Waals surface area (Å²) in [5, 5.41) is 6.91. The van der Waals surface area contributed by atoms with Crippen molar-refractivity contribution in [2.75, 3.05) is 6.79 Å². The maximum absolute atomic E-state index is 13.2. The molecule has 1 N–H and O–H groups in total. The first kappa shape index (κ1) is 16.0. The van der Waals surface area contributed by atoms with E-state index in [1.165, 1.54) is 6.42 Å². The SMILES string of the molecule is Cc1cc(CNC(=O)C2(c3ccc4c(c3)OCO4)CCCCC2)on1. The highest BCUT2D eigenvalue weighted by atomic mass is 16.7. The van der Waals surface area contributed by atoms with Crippen molar-refractivity contribution >= 4 is 5.91 Å². The molecule has 25 heavy (non-hydrogen) atoms. The molecule has 6 nitrogen and oxygen atoms in total. The molecule has 0 radical (unpaired) electrons. The Morgan fingerprint density at radius 2 is 1.96 bits per heavy atom. The molecule has 2 aliphatic rings. The average molecular weight is 342 g/mol. The molecule has 1 saturated carbocycles. The monoisotopic (exact) mass is 342 g/mol. The molecule has 4 rings (SSSR count). The quantitative estimate of drug-likeness (QED) is 0.923. The zero-order valence-electron chi connectivity index (χ0n) is 14.3. The minimum Gasteiger partial charge on any atom is -0.454 e. The number of rotatable bonds is 4. The van der Waals surface area contributed by atoms with Crippen LogP contribution in [0.4, 0.5) is 0 Å². The lowest BCUT2D eigenvalue weighted by molar-refractivity contribution is -0.128. The topological polar surface area (TPSA) is 73.6 Å². The van der Waals surface area contributed by atoms with E-state index in [4.69, 9.17) is 14.0 Å². The number of carbonyl (C=O) groups is 1. The first-order valence-electron chi connectivity index (χ1n) is 8.78. The second-order valence-corrected chi connectivity index (χ2v) is 6.83. The Labute approximate surface area is 146 Å². The lowest BCUT2D eigenvalue weighted by Crippen LogP contribution is -2.45. The summed E-state index contributed by atoms with van der Waals surface area (Å²) in [6.07, 6.45) is 4.94. The van der Waals surface area contributed by atoms with Crippen LogP contribution in [-0.4, -0.2) is 17.9 Å². The van der Waals surface area contributed by atoms with E-state index in [0.717, 1.165) is 48.4 Å². The Bertz CT molecular complexity index is 777. The van der Waals surface area contributed by atoms with Gasteiger partial charge in [-0.05, 0) is 37.5 Å². The van der Waals surface area contributed by atoms with Gasteiger partial charge in [-0.2, -0.15) is 0 Å². The van der Waals surface area contributed by atoms with Crippen molar-refractivity contribution in [1.29, 1.82) is 0 Å². The third-order valence-electron chi connectivity index (χ3n) is 5.17. The number of benzene rings is 1. The summed E-state index contributed by atoms with van der Waals surface area (Å²) in [6, 6.07) is 7.71. The van der Waals surface area contributed by atoms with Gasteiger partial charge in [-0.1, -0.05) is 30.5 Å². The number of nitrogens with one attached hydrogen (secondary N) is 1. The lowest BCUT2D eigenvalue weighted by atomic mass is 9.68. The minimum absolute atomic E-state index is 0.0418. The van der Waals surface area contributed by atoms with Crippen molar-refractivity contribution in [3.63, 3.8) is 0 Å². The highest BCUT2D eigenvalue weighted by Crippen LogP contribution is 2.43. The molecular weight excluding hydrogens is 320 g/mol. The van der Waals surface area contributed by atoms with Gasteiger partial charge in [-0.3, -0.25) is 4.79 Å². The van der Waals surface area contributed by atoms with Gasteiger partial charge >= 0.3 is 0 Å². The molecule has 1 aromatic carbocycles. The third kappa shape index (κ3) is 2.97. The van der Waals surface area contributed by atoms with Crippen molar-refractivity contribution in [1.82, 2.24) is 10.5 Å². The first-order chi connectivity index (χ1) is 12.2. The van der Waals surface area contributed by atoms with Crippen LogP contribution in [0.1, 0.15) is 49.1 Å². The van der Waals surface area contributed by atoms with E-state index in [9.17, 15) is 4.79 Å². The maximum atomic E-state index is 13.2. The fourth-order valence-corrected chi connectivity index (χ4v) is 3.83. The van der Waals surface area contributed by atoms with E-state index in [1.54, 1.807) is 0 Å². The van der Waals surface area contributed by atoms with E-state index in [-0.39, 0.29) is 12.7 Å². The van der Waals surface area contributed by atoms with Gasteiger partial charge < -0.3 is 19.3 Å². The number of fused-ring (bicyclic) bond motifs is 1. The fourth-order valence-electron chi connectivity index (χ4n) is 3.83. The van der Waals surface area contributed by atoms with E-state index in [1.807, 2.05) is 31.2 Å². The Morgan fingerprint density at radius 3 is 2.72 bits per heavy atom. The molecule has 2 aromatic rings. The second kappa shape index (κ2) is 6.43. The predicted octanol–water partition coefficient (Wildman–Crippen LogP) is 3.23. The first-order valence-corrected chi connectivity index (χ1v) is 8.78. The highest BCUT2D eigenvalue weighted by molar-refractivity contribution is 5.88. The lowest BCUT2D eigenvalue weighted by Gasteiger charge is -2.36. The molecule has 1 fully saturated rings. The Balaban J connectivity index is 1.59. The molecule has 1 aliphatic carbocycles. The third-order valence-corrected chi connectivity index (χ3v) is 5.17. The summed E-state index contributed by atoms with van der Waals surface area (Å²) in [5.74, 6) is 2.18. The zero-order chi connectivity index (χ0) is 17.3. The van der Waals surface area contributed by atoms with Crippen LogP contribution in [-0.2, 0) is 16.8 Å². The molecule has 1 aliphatic heterocycles. The highest BCUT2D eigenvalue weighted by Gasteiger charge is 2.41. The largest absolute Gasteiger partial charge is 0.454 e. The number of carbonyl (C=O) groups excluding carboxylic acids is 1. The molecular formula is C19H22N2O4. The predicted molar refractivity (Wildman–Crippen MR) is 90.4 cm³/mol. The van der Waals surface area contributed by atoms with Gasteiger partial charge in [-0.15, -0.1) is 0 Å². The summed E-state index contributed by atoms with van der Waals surface area (Å²) in [4.78, 5) is 13.2. The van der Waals surface area contributed by atoms with Crippen molar-refractivity contribution in [2.24, 2.45) is 0 Å². The van der Waals surface area contributed by atoms with Gasteiger partial charge in [0.1, 0.15) is 0 Å². The molecule has 1 amide bonds. The average Bonchev–Trinajstić information content (AvgIpc) is 3.28. The zero-order valence-corrected chi connectivity index (χ0v) is 14.3. The number of hydrogen-bond acceptors (Lipinski definition) is 5. The normalized spacial score (nSPS) is 18.1. The number of ether oxygens (including phenoxy) is 2. The van der Waals surface area contributed by atoms with Crippen LogP contribution in [0.3, 0.4) is 0 Å². The Kier molecular flexibility index (Phi) is 4.11. The van der Waals surface area contributed by atoms with Gasteiger partial charge in [0.25, 0.3) is 0 Å². The summed E-state index contributed by atoms with van der Waals surface area (Å²) >= 11 is 0. The number of nitrogens with zero attached hydrogens (tertiary/aromatic N) is 1. The summed E-state index contributed by atoms with van der Waals surface area (Å²) in [6.45, 7) is 2.46. The van der Waals surface area contributed by atoms with Crippen LogP contribution in [0.5, 0.6) is 11.5 Å².